The van der Waals surface area contributed by atoms with Crippen molar-refractivity contribution in [1.82, 2.24) is 10.2 Å². The molecule has 150 valence electrons. The molecule has 2 aromatic carbocycles. The Bertz CT molecular complexity index is 814. The molecule has 1 heterocycles. The first-order valence-corrected chi connectivity index (χ1v) is 9.10. The third-order valence-electron chi connectivity index (χ3n) is 4.66. The molecule has 1 amide bonds. The Hall–Kier alpha value is -2.44. The summed E-state index contributed by atoms with van der Waals surface area (Å²) >= 11 is 0. The Morgan fingerprint density at radius 3 is 2.64 bits per heavy atom. The number of ketones is 1. The number of carbonyl (C=O) groups excluding carboxylic acids is 2. The van der Waals surface area contributed by atoms with Crippen LogP contribution < -0.4 is 10.1 Å². The molecule has 1 aliphatic heterocycles. The number of hydrogen-bond donors (Lipinski definition) is 1. The highest BCUT2D eigenvalue weighted by molar-refractivity contribution is 5.95. The van der Waals surface area contributed by atoms with Crippen molar-refractivity contribution in [1.29, 1.82) is 0 Å². The Morgan fingerprint density at radius 2 is 1.96 bits per heavy atom. The average molecular weight is 407 g/mol. The third kappa shape index (κ3) is 5.30. The van der Waals surface area contributed by atoms with E-state index in [0.29, 0.717) is 37.4 Å². The van der Waals surface area contributed by atoms with E-state index in [0.717, 1.165) is 5.56 Å². The SMILES string of the molecule is CCC(=O)c1ccc(OCC(=O)N2CCNCC2c2cccc(F)c2)cc1.Cl. The number of piperazine rings is 1. The van der Waals surface area contributed by atoms with Gasteiger partial charge in [0.2, 0.25) is 0 Å². The van der Waals surface area contributed by atoms with Gasteiger partial charge in [-0.05, 0) is 42.0 Å². The summed E-state index contributed by atoms with van der Waals surface area (Å²) < 4.78 is 19.2. The molecule has 0 spiro atoms. The summed E-state index contributed by atoms with van der Waals surface area (Å²) in [7, 11) is 0. The second-order valence-electron chi connectivity index (χ2n) is 6.45. The highest BCUT2D eigenvalue weighted by Crippen LogP contribution is 2.23. The molecule has 1 unspecified atom stereocenters. The minimum absolute atomic E-state index is 0. The predicted octanol–water partition coefficient (Wildman–Crippen LogP) is 3.39. The van der Waals surface area contributed by atoms with Crippen molar-refractivity contribution in [3.8, 4) is 5.75 Å². The van der Waals surface area contributed by atoms with Gasteiger partial charge in [-0.1, -0.05) is 19.1 Å². The van der Waals surface area contributed by atoms with Crippen LogP contribution in [0.3, 0.4) is 0 Å². The zero-order chi connectivity index (χ0) is 19.2. The van der Waals surface area contributed by atoms with Crippen LogP contribution >= 0.6 is 12.4 Å². The summed E-state index contributed by atoms with van der Waals surface area (Å²) in [6, 6.07) is 12.9. The standard InChI is InChI=1S/C21H23FN2O3.ClH/c1-2-20(25)15-6-8-18(9-7-15)27-14-21(26)24-11-10-23-13-19(24)16-4-3-5-17(22)12-16;/h3-9,12,19,23H,2,10-11,13-14H2,1H3;1H. The number of amides is 1. The van der Waals surface area contributed by atoms with E-state index < -0.39 is 0 Å². The second-order valence-corrected chi connectivity index (χ2v) is 6.45. The second kappa shape index (κ2) is 10.2. The summed E-state index contributed by atoms with van der Waals surface area (Å²) in [4.78, 5) is 26.1. The zero-order valence-corrected chi connectivity index (χ0v) is 16.5. The molecule has 1 atom stereocenters. The highest BCUT2D eigenvalue weighted by atomic mass is 35.5. The van der Waals surface area contributed by atoms with Crippen LogP contribution in [-0.2, 0) is 4.79 Å². The molecule has 0 saturated carbocycles. The van der Waals surface area contributed by atoms with E-state index in [1.807, 2.05) is 13.0 Å². The Morgan fingerprint density at radius 1 is 1.21 bits per heavy atom. The van der Waals surface area contributed by atoms with Gasteiger partial charge in [0.25, 0.3) is 5.91 Å². The molecule has 0 radical (unpaired) electrons. The van der Waals surface area contributed by atoms with Crippen molar-refractivity contribution in [2.75, 3.05) is 26.2 Å². The highest BCUT2D eigenvalue weighted by Gasteiger charge is 2.28. The molecule has 3 rings (SSSR count). The van der Waals surface area contributed by atoms with Gasteiger partial charge in [0.1, 0.15) is 11.6 Å². The molecule has 2 aromatic rings. The lowest BCUT2D eigenvalue weighted by molar-refractivity contribution is -0.136. The maximum absolute atomic E-state index is 13.6. The van der Waals surface area contributed by atoms with Crippen LogP contribution in [0.5, 0.6) is 5.75 Å². The first-order valence-electron chi connectivity index (χ1n) is 9.10. The number of halogens is 2. The maximum atomic E-state index is 13.6. The quantitative estimate of drug-likeness (QED) is 0.747. The minimum atomic E-state index is -0.316. The van der Waals surface area contributed by atoms with Crippen molar-refractivity contribution < 1.29 is 18.7 Å². The largest absolute Gasteiger partial charge is 0.484 e. The number of ether oxygens (including phenoxy) is 1. The smallest absolute Gasteiger partial charge is 0.261 e. The van der Waals surface area contributed by atoms with Gasteiger partial charge in [-0.2, -0.15) is 0 Å². The van der Waals surface area contributed by atoms with Crippen LogP contribution in [0.15, 0.2) is 48.5 Å². The van der Waals surface area contributed by atoms with E-state index in [1.165, 1.54) is 12.1 Å². The van der Waals surface area contributed by atoms with Crippen LogP contribution in [0, 0.1) is 5.82 Å². The first-order chi connectivity index (χ1) is 13.1. The van der Waals surface area contributed by atoms with E-state index in [4.69, 9.17) is 4.74 Å². The van der Waals surface area contributed by atoms with Gasteiger partial charge in [0, 0.05) is 31.6 Å². The van der Waals surface area contributed by atoms with E-state index >= 15 is 0 Å². The number of carbonyl (C=O) groups is 2. The number of nitrogens with zero attached hydrogens (tertiary/aromatic N) is 1. The van der Waals surface area contributed by atoms with Gasteiger partial charge in [-0.25, -0.2) is 4.39 Å². The monoisotopic (exact) mass is 406 g/mol. The van der Waals surface area contributed by atoms with Crippen LogP contribution in [0.1, 0.15) is 35.3 Å². The number of benzene rings is 2. The van der Waals surface area contributed by atoms with Gasteiger partial charge in [-0.15, -0.1) is 12.4 Å². The fraction of sp³-hybridized carbons (Fsp3) is 0.333. The van der Waals surface area contributed by atoms with Gasteiger partial charge < -0.3 is 15.0 Å². The average Bonchev–Trinajstić information content (AvgIpc) is 2.72. The first kappa shape index (κ1) is 21.9. The summed E-state index contributed by atoms with van der Waals surface area (Å²) in [6.07, 6.45) is 0.448. The van der Waals surface area contributed by atoms with E-state index in [1.54, 1.807) is 35.2 Å². The molecule has 1 N–H and O–H groups in total. The molecular weight excluding hydrogens is 383 g/mol. The van der Waals surface area contributed by atoms with E-state index in [9.17, 15) is 14.0 Å². The summed E-state index contributed by atoms with van der Waals surface area (Å²) in [5.41, 5.74) is 1.39. The molecule has 1 saturated heterocycles. The van der Waals surface area contributed by atoms with Gasteiger partial charge in [-0.3, -0.25) is 9.59 Å². The normalized spacial score (nSPS) is 16.2. The van der Waals surface area contributed by atoms with Crippen LogP contribution in [0.2, 0.25) is 0 Å². The Balaban J connectivity index is 0.00000280. The fourth-order valence-electron chi connectivity index (χ4n) is 3.18. The van der Waals surface area contributed by atoms with Crippen molar-refractivity contribution in [3.05, 3.63) is 65.5 Å². The Kier molecular flexibility index (Phi) is 7.96. The molecule has 0 aromatic heterocycles. The van der Waals surface area contributed by atoms with Crippen molar-refractivity contribution in [2.45, 2.75) is 19.4 Å². The minimum Gasteiger partial charge on any atom is -0.484 e. The van der Waals surface area contributed by atoms with Crippen molar-refractivity contribution in [3.63, 3.8) is 0 Å². The molecule has 1 fully saturated rings. The van der Waals surface area contributed by atoms with E-state index in [2.05, 4.69) is 5.32 Å². The fourth-order valence-corrected chi connectivity index (χ4v) is 3.18. The molecular formula is C21H24ClFN2O3. The molecule has 5 nitrogen and oxygen atoms in total. The van der Waals surface area contributed by atoms with Gasteiger partial charge in [0.05, 0.1) is 6.04 Å². The molecule has 7 heteroatoms. The number of hydrogen-bond acceptors (Lipinski definition) is 4. The number of nitrogens with one attached hydrogen (secondary N) is 1. The van der Waals surface area contributed by atoms with Crippen LogP contribution in [-0.4, -0.2) is 42.8 Å². The van der Waals surface area contributed by atoms with Crippen LogP contribution in [0.25, 0.3) is 0 Å². The Labute approximate surface area is 170 Å². The topological polar surface area (TPSA) is 58.6 Å². The van der Waals surface area contributed by atoms with Gasteiger partial charge in [0.15, 0.2) is 12.4 Å². The third-order valence-corrected chi connectivity index (χ3v) is 4.66. The maximum Gasteiger partial charge on any atom is 0.261 e. The molecule has 28 heavy (non-hydrogen) atoms. The molecule has 0 aliphatic carbocycles. The summed E-state index contributed by atoms with van der Waals surface area (Å²) in [6.45, 7) is 3.50. The lowest BCUT2D eigenvalue weighted by atomic mass is 10.0. The van der Waals surface area contributed by atoms with Crippen LogP contribution in [0.4, 0.5) is 4.39 Å². The summed E-state index contributed by atoms with van der Waals surface area (Å²) in [5, 5.41) is 3.24. The van der Waals surface area contributed by atoms with Crippen molar-refractivity contribution in [2.24, 2.45) is 0 Å². The molecule has 1 aliphatic rings. The molecule has 0 bridgehead atoms. The van der Waals surface area contributed by atoms with E-state index in [-0.39, 0.29) is 42.6 Å². The number of rotatable bonds is 6. The lowest BCUT2D eigenvalue weighted by Crippen LogP contribution is -2.50. The zero-order valence-electron chi connectivity index (χ0n) is 15.7. The summed E-state index contributed by atoms with van der Waals surface area (Å²) in [5.74, 6) is 0.132. The lowest BCUT2D eigenvalue weighted by Gasteiger charge is -2.36. The number of Topliss-reactive ketones (excluding diaryl/α,β-unsaturated/α-hetero) is 1. The van der Waals surface area contributed by atoms with Gasteiger partial charge >= 0.3 is 0 Å². The predicted molar refractivity (Wildman–Crippen MR) is 108 cm³/mol. The van der Waals surface area contributed by atoms with Crippen molar-refractivity contribution >= 4 is 24.1 Å².